The molecular formula is C7H10N2O2. The van der Waals surface area contributed by atoms with Crippen LogP contribution in [0.25, 0.3) is 0 Å². The van der Waals surface area contributed by atoms with Gasteiger partial charge in [0.1, 0.15) is 5.75 Å². The van der Waals surface area contributed by atoms with Crippen molar-refractivity contribution < 1.29 is 10.2 Å². The number of aliphatic hydroxyl groups excluding tert-OH is 1. The van der Waals surface area contributed by atoms with Gasteiger partial charge >= 0.3 is 0 Å². The number of hydrogen-bond acceptors (Lipinski definition) is 4. The zero-order valence-corrected chi connectivity index (χ0v) is 5.94. The summed E-state index contributed by atoms with van der Waals surface area (Å²) in [6.07, 6.45) is 2.81. The summed E-state index contributed by atoms with van der Waals surface area (Å²) in [4.78, 5) is 3.67. The third-order valence-corrected chi connectivity index (χ3v) is 1.43. The lowest BCUT2D eigenvalue weighted by atomic mass is 10.1. The molecule has 1 rings (SSSR count). The molecule has 4 nitrogen and oxygen atoms in total. The first-order chi connectivity index (χ1) is 5.25. The predicted molar refractivity (Wildman–Crippen MR) is 39.9 cm³/mol. The third-order valence-electron chi connectivity index (χ3n) is 1.43. The van der Waals surface area contributed by atoms with E-state index in [1.807, 2.05) is 0 Å². The van der Waals surface area contributed by atoms with Gasteiger partial charge in [-0.1, -0.05) is 0 Å². The average molecular weight is 154 g/mol. The molecule has 0 aromatic carbocycles. The average Bonchev–Trinajstić information content (AvgIpc) is 2.04. The van der Waals surface area contributed by atoms with Crippen molar-refractivity contribution >= 4 is 0 Å². The van der Waals surface area contributed by atoms with Crippen molar-refractivity contribution in [1.29, 1.82) is 0 Å². The fraction of sp³-hybridized carbons (Fsp3) is 0.286. The number of nitrogens with zero attached hydrogens (tertiary/aromatic N) is 1. The van der Waals surface area contributed by atoms with Crippen molar-refractivity contribution in [3.63, 3.8) is 0 Å². The largest absolute Gasteiger partial charge is 0.506 e. The van der Waals surface area contributed by atoms with E-state index in [1.54, 1.807) is 6.07 Å². The first kappa shape index (κ1) is 7.97. The number of nitrogens with two attached hydrogens (primary N) is 1. The van der Waals surface area contributed by atoms with Gasteiger partial charge in [-0.2, -0.15) is 0 Å². The molecule has 1 unspecified atom stereocenters. The number of aromatic nitrogens is 1. The van der Waals surface area contributed by atoms with E-state index >= 15 is 0 Å². The first-order valence-electron chi connectivity index (χ1n) is 3.25. The van der Waals surface area contributed by atoms with Gasteiger partial charge in [-0.05, 0) is 6.07 Å². The van der Waals surface area contributed by atoms with Crippen LogP contribution in [0.15, 0.2) is 18.5 Å². The van der Waals surface area contributed by atoms with Gasteiger partial charge in [0.15, 0.2) is 0 Å². The molecular weight excluding hydrogens is 144 g/mol. The third kappa shape index (κ3) is 1.66. The standard InChI is InChI=1S/C7H10N2O2/c8-6(4-10)5-1-2-9-3-7(5)11/h1-3,6,10-11H,4,8H2. The Balaban J connectivity index is 2.93. The summed E-state index contributed by atoms with van der Waals surface area (Å²) in [5.41, 5.74) is 5.97. The molecule has 4 N–H and O–H groups in total. The topological polar surface area (TPSA) is 79.4 Å². The van der Waals surface area contributed by atoms with E-state index in [4.69, 9.17) is 15.9 Å². The molecule has 0 radical (unpaired) electrons. The van der Waals surface area contributed by atoms with Crippen molar-refractivity contribution in [1.82, 2.24) is 4.98 Å². The molecule has 1 aromatic heterocycles. The fourth-order valence-corrected chi connectivity index (χ4v) is 0.809. The SMILES string of the molecule is NC(CO)c1ccncc1O. The molecule has 0 saturated heterocycles. The molecule has 11 heavy (non-hydrogen) atoms. The van der Waals surface area contributed by atoms with E-state index in [0.29, 0.717) is 5.56 Å². The summed E-state index contributed by atoms with van der Waals surface area (Å²) in [6, 6.07) is 1.05. The highest BCUT2D eigenvalue weighted by Gasteiger charge is 2.07. The van der Waals surface area contributed by atoms with Crippen LogP contribution in [-0.2, 0) is 0 Å². The first-order valence-corrected chi connectivity index (χ1v) is 3.25. The van der Waals surface area contributed by atoms with Crippen LogP contribution in [0.1, 0.15) is 11.6 Å². The lowest BCUT2D eigenvalue weighted by Crippen LogP contribution is -2.14. The Bertz CT molecular complexity index is 240. The molecule has 0 bridgehead atoms. The van der Waals surface area contributed by atoms with E-state index < -0.39 is 6.04 Å². The second-order valence-corrected chi connectivity index (χ2v) is 2.22. The van der Waals surface area contributed by atoms with Gasteiger partial charge in [0.05, 0.1) is 18.8 Å². The van der Waals surface area contributed by atoms with Crippen LogP contribution >= 0.6 is 0 Å². The van der Waals surface area contributed by atoms with Gasteiger partial charge < -0.3 is 15.9 Å². The molecule has 4 heteroatoms. The van der Waals surface area contributed by atoms with E-state index in [0.717, 1.165) is 0 Å². The Kier molecular flexibility index (Phi) is 2.40. The molecule has 60 valence electrons. The Morgan fingerprint density at radius 1 is 1.64 bits per heavy atom. The number of pyridine rings is 1. The molecule has 0 amide bonds. The van der Waals surface area contributed by atoms with Crippen molar-refractivity contribution in [2.24, 2.45) is 5.73 Å². The minimum absolute atomic E-state index is 0.0223. The van der Waals surface area contributed by atoms with Crippen LogP contribution < -0.4 is 5.73 Å². The van der Waals surface area contributed by atoms with Crippen molar-refractivity contribution in [2.45, 2.75) is 6.04 Å². The summed E-state index contributed by atoms with van der Waals surface area (Å²) in [7, 11) is 0. The monoisotopic (exact) mass is 154 g/mol. The Morgan fingerprint density at radius 2 is 2.36 bits per heavy atom. The maximum absolute atomic E-state index is 9.16. The number of aromatic hydroxyl groups is 1. The highest BCUT2D eigenvalue weighted by atomic mass is 16.3. The lowest BCUT2D eigenvalue weighted by Gasteiger charge is -2.08. The highest BCUT2D eigenvalue weighted by Crippen LogP contribution is 2.19. The van der Waals surface area contributed by atoms with Gasteiger partial charge in [0.25, 0.3) is 0 Å². The summed E-state index contributed by atoms with van der Waals surface area (Å²) in [5, 5.41) is 17.8. The number of hydrogen-bond donors (Lipinski definition) is 3. The number of aliphatic hydroxyl groups is 1. The zero-order chi connectivity index (χ0) is 8.27. The molecule has 0 aliphatic carbocycles. The molecule has 0 fully saturated rings. The van der Waals surface area contributed by atoms with Gasteiger partial charge in [-0.15, -0.1) is 0 Å². The fourth-order valence-electron chi connectivity index (χ4n) is 0.809. The second-order valence-electron chi connectivity index (χ2n) is 2.22. The quantitative estimate of drug-likeness (QED) is 0.550. The van der Waals surface area contributed by atoms with Gasteiger partial charge in [-0.3, -0.25) is 4.98 Å². The summed E-state index contributed by atoms with van der Waals surface area (Å²) >= 11 is 0. The summed E-state index contributed by atoms with van der Waals surface area (Å²) < 4.78 is 0. The van der Waals surface area contributed by atoms with Gasteiger partial charge in [0.2, 0.25) is 0 Å². The van der Waals surface area contributed by atoms with Crippen LogP contribution in [0.2, 0.25) is 0 Å². The van der Waals surface area contributed by atoms with Crippen molar-refractivity contribution in [2.75, 3.05) is 6.61 Å². The molecule has 0 aliphatic heterocycles. The van der Waals surface area contributed by atoms with Gasteiger partial charge in [-0.25, -0.2) is 0 Å². The molecule has 0 spiro atoms. The van der Waals surface area contributed by atoms with Gasteiger partial charge in [0, 0.05) is 11.8 Å². The van der Waals surface area contributed by atoms with Crippen LogP contribution in [0.4, 0.5) is 0 Å². The molecule has 0 aliphatic rings. The molecule has 1 aromatic rings. The Morgan fingerprint density at radius 3 is 2.91 bits per heavy atom. The maximum atomic E-state index is 9.16. The zero-order valence-electron chi connectivity index (χ0n) is 5.94. The molecule has 0 saturated carbocycles. The van der Waals surface area contributed by atoms with Crippen LogP contribution in [0.5, 0.6) is 5.75 Å². The smallest absolute Gasteiger partial charge is 0.138 e. The molecule has 1 atom stereocenters. The number of rotatable bonds is 2. The Labute approximate surface area is 64.3 Å². The minimum Gasteiger partial charge on any atom is -0.506 e. The van der Waals surface area contributed by atoms with E-state index in [9.17, 15) is 0 Å². The maximum Gasteiger partial charge on any atom is 0.138 e. The summed E-state index contributed by atoms with van der Waals surface area (Å²) in [6.45, 7) is -0.183. The van der Waals surface area contributed by atoms with Crippen LogP contribution in [-0.4, -0.2) is 21.8 Å². The lowest BCUT2D eigenvalue weighted by molar-refractivity contribution is 0.265. The van der Waals surface area contributed by atoms with Crippen LogP contribution in [0, 0.1) is 0 Å². The van der Waals surface area contributed by atoms with E-state index in [2.05, 4.69) is 4.98 Å². The predicted octanol–water partition coefficient (Wildman–Crippen LogP) is -0.221. The second kappa shape index (κ2) is 3.32. The highest BCUT2D eigenvalue weighted by molar-refractivity contribution is 5.30. The van der Waals surface area contributed by atoms with Crippen molar-refractivity contribution in [3.8, 4) is 5.75 Å². The minimum atomic E-state index is -0.530. The normalized spacial score (nSPS) is 12.9. The van der Waals surface area contributed by atoms with Crippen molar-refractivity contribution in [3.05, 3.63) is 24.0 Å². The Hall–Kier alpha value is -1.13. The van der Waals surface area contributed by atoms with E-state index in [-0.39, 0.29) is 12.4 Å². The van der Waals surface area contributed by atoms with Crippen LogP contribution in [0.3, 0.4) is 0 Å². The van der Waals surface area contributed by atoms with E-state index in [1.165, 1.54) is 12.4 Å². The molecule has 1 heterocycles. The summed E-state index contributed by atoms with van der Waals surface area (Å²) in [5.74, 6) is 0.0223.